The van der Waals surface area contributed by atoms with Gasteiger partial charge in [-0.1, -0.05) is 20.8 Å². The second kappa shape index (κ2) is 4.27. The molecule has 3 heteroatoms. The largest absolute Gasteiger partial charge is 0.508 e. The first-order valence-electron chi connectivity index (χ1n) is 5.13. The Hall–Kier alpha value is -0.963. The first-order valence-corrected chi connectivity index (χ1v) is 6.34. The predicted molar refractivity (Wildman–Crippen MR) is 66.4 cm³/mol. The molecule has 0 heterocycles. The van der Waals surface area contributed by atoms with Crippen LogP contribution in [0, 0.1) is 6.92 Å². The molecule has 0 saturated carbocycles. The Morgan fingerprint density at radius 1 is 1.33 bits per heavy atom. The van der Waals surface area contributed by atoms with Crippen LogP contribution >= 0.6 is 0 Å². The van der Waals surface area contributed by atoms with Crippen LogP contribution in [0.1, 0.15) is 31.9 Å². The van der Waals surface area contributed by atoms with Crippen LogP contribution in [0.4, 0.5) is 5.69 Å². The van der Waals surface area contributed by atoms with E-state index in [9.17, 15) is 5.11 Å². The minimum atomic E-state index is 0.309. The molecule has 0 aliphatic heterocycles. The van der Waals surface area contributed by atoms with E-state index in [4.69, 9.17) is 5.73 Å². The molecule has 0 unspecified atom stereocenters. The summed E-state index contributed by atoms with van der Waals surface area (Å²) in [4.78, 5) is 0. The van der Waals surface area contributed by atoms with Crippen molar-refractivity contribution < 1.29 is 5.11 Å². The second-order valence-electron chi connectivity index (χ2n) is 4.88. The summed E-state index contributed by atoms with van der Waals surface area (Å²) < 4.78 is 0. The van der Waals surface area contributed by atoms with Crippen LogP contribution in [-0.2, 0) is 6.04 Å². The Bertz CT molecular complexity index is 355. The van der Waals surface area contributed by atoms with Gasteiger partial charge >= 0.3 is 0 Å². The molecule has 0 bridgehead atoms. The third kappa shape index (κ3) is 3.27. The number of anilines is 1. The van der Waals surface area contributed by atoms with Gasteiger partial charge in [-0.15, -0.1) is 0 Å². The maximum atomic E-state index is 9.76. The van der Waals surface area contributed by atoms with Crippen molar-refractivity contribution in [1.82, 2.24) is 0 Å². The van der Waals surface area contributed by atoms with Gasteiger partial charge in [0.05, 0.1) is 0 Å². The van der Waals surface area contributed by atoms with Crippen LogP contribution in [0.25, 0.3) is 0 Å². The molecule has 2 radical (unpaired) electrons. The number of phenolic OH excluding ortho intramolecular Hbond substituents is 1. The lowest BCUT2D eigenvalue weighted by atomic mass is 10.1. The number of hydrogen-bond acceptors (Lipinski definition) is 2. The molecule has 0 saturated heterocycles. The molecule has 15 heavy (non-hydrogen) atoms. The average Bonchev–Trinajstić information content (AvgIpc) is 2.10. The Kier molecular flexibility index (Phi) is 3.45. The normalized spacial score (nSPS) is 11.7. The van der Waals surface area contributed by atoms with Crippen molar-refractivity contribution in [2.45, 2.75) is 38.8 Å². The van der Waals surface area contributed by atoms with E-state index in [0.717, 1.165) is 32.4 Å². The summed E-state index contributed by atoms with van der Waals surface area (Å²) in [6.45, 7) is 8.61. The minimum Gasteiger partial charge on any atom is -0.508 e. The standard InChI is InChI=1S/C12H19NOSi/c1-8-9(7-15-12(2,3)4)11(14)6-5-10(8)13/h5-6,14H,7,13H2,1-4H3. The van der Waals surface area contributed by atoms with Gasteiger partial charge in [0.1, 0.15) is 5.75 Å². The van der Waals surface area contributed by atoms with Gasteiger partial charge < -0.3 is 10.8 Å². The van der Waals surface area contributed by atoms with Crippen molar-refractivity contribution in [3.8, 4) is 5.75 Å². The molecule has 0 amide bonds. The van der Waals surface area contributed by atoms with E-state index in [1.54, 1.807) is 12.1 Å². The van der Waals surface area contributed by atoms with Crippen molar-refractivity contribution in [3.05, 3.63) is 23.3 Å². The van der Waals surface area contributed by atoms with E-state index >= 15 is 0 Å². The van der Waals surface area contributed by atoms with E-state index in [1.165, 1.54) is 0 Å². The van der Waals surface area contributed by atoms with E-state index in [0.29, 0.717) is 10.8 Å². The summed E-state index contributed by atoms with van der Waals surface area (Å²) in [5.74, 6) is 0.374. The quantitative estimate of drug-likeness (QED) is 0.458. The summed E-state index contributed by atoms with van der Waals surface area (Å²) in [7, 11) is 0.793. The topological polar surface area (TPSA) is 46.2 Å². The predicted octanol–water partition coefficient (Wildman–Crippen LogP) is 2.71. The van der Waals surface area contributed by atoms with Crippen LogP contribution in [0.15, 0.2) is 12.1 Å². The van der Waals surface area contributed by atoms with Gasteiger partial charge in [0, 0.05) is 15.2 Å². The highest BCUT2D eigenvalue weighted by molar-refractivity contribution is 6.39. The fourth-order valence-corrected chi connectivity index (χ4v) is 2.49. The van der Waals surface area contributed by atoms with Gasteiger partial charge in [-0.3, -0.25) is 0 Å². The van der Waals surface area contributed by atoms with Crippen molar-refractivity contribution in [1.29, 1.82) is 0 Å². The summed E-state index contributed by atoms with van der Waals surface area (Å²) in [6, 6.07) is 4.35. The molecular weight excluding hydrogens is 202 g/mol. The van der Waals surface area contributed by atoms with E-state index in [2.05, 4.69) is 20.8 Å². The van der Waals surface area contributed by atoms with Gasteiger partial charge in [0.2, 0.25) is 0 Å². The summed E-state index contributed by atoms with van der Waals surface area (Å²) in [5.41, 5.74) is 8.61. The number of hydrogen-bond donors (Lipinski definition) is 2. The van der Waals surface area contributed by atoms with E-state index in [1.807, 2.05) is 6.92 Å². The lowest BCUT2D eigenvalue weighted by Crippen LogP contribution is -2.12. The Balaban J connectivity index is 2.90. The number of nitrogen functional groups attached to an aromatic ring is 1. The van der Waals surface area contributed by atoms with Gasteiger partial charge in [-0.2, -0.15) is 0 Å². The molecule has 0 spiro atoms. The Morgan fingerprint density at radius 2 is 1.93 bits per heavy atom. The van der Waals surface area contributed by atoms with Gasteiger partial charge in [0.25, 0.3) is 0 Å². The van der Waals surface area contributed by atoms with E-state index in [-0.39, 0.29) is 0 Å². The van der Waals surface area contributed by atoms with Crippen molar-refractivity contribution in [2.75, 3.05) is 5.73 Å². The molecule has 0 aliphatic rings. The monoisotopic (exact) mass is 221 g/mol. The molecule has 0 aliphatic carbocycles. The zero-order chi connectivity index (χ0) is 11.6. The highest BCUT2D eigenvalue weighted by Crippen LogP contribution is 2.29. The highest BCUT2D eigenvalue weighted by Gasteiger charge is 2.15. The maximum Gasteiger partial charge on any atom is 0.118 e. The number of nitrogens with two attached hydrogens (primary N) is 1. The van der Waals surface area contributed by atoms with Crippen molar-refractivity contribution in [3.63, 3.8) is 0 Å². The summed E-state index contributed by atoms with van der Waals surface area (Å²) in [6.07, 6.45) is 0. The molecule has 0 aromatic heterocycles. The minimum absolute atomic E-state index is 0.309. The van der Waals surface area contributed by atoms with Crippen molar-refractivity contribution >= 4 is 15.2 Å². The van der Waals surface area contributed by atoms with Crippen LogP contribution < -0.4 is 5.73 Å². The molecule has 1 aromatic rings. The molecule has 1 rings (SSSR count). The molecule has 3 N–H and O–H groups in total. The summed E-state index contributed by atoms with van der Waals surface area (Å²) >= 11 is 0. The highest BCUT2D eigenvalue weighted by atomic mass is 28.2. The zero-order valence-electron chi connectivity index (χ0n) is 9.89. The lowest BCUT2D eigenvalue weighted by molar-refractivity contribution is 0.470. The molecule has 1 aromatic carbocycles. The van der Waals surface area contributed by atoms with E-state index < -0.39 is 0 Å². The molecule has 0 fully saturated rings. The maximum absolute atomic E-state index is 9.76. The molecule has 2 nitrogen and oxygen atoms in total. The first kappa shape index (κ1) is 12.1. The van der Waals surface area contributed by atoms with Gasteiger partial charge in [0.15, 0.2) is 0 Å². The number of phenols is 1. The molecule has 82 valence electrons. The second-order valence-corrected chi connectivity index (χ2v) is 7.09. The van der Waals surface area contributed by atoms with Gasteiger partial charge in [-0.25, -0.2) is 0 Å². The lowest BCUT2D eigenvalue weighted by Gasteiger charge is -2.18. The third-order valence-corrected chi connectivity index (χ3v) is 4.00. The summed E-state index contributed by atoms with van der Waals surface area (Å²) in [5, 5.41) is 10.1. The SMILES string of the molecule is Cc1c(N)ccc(O)c1C[Si]C(C)(C)C. The molecular formula is C12H19NOSi. The Morgan fingerprint density at radius 3 is 2.47 bits per heavy atom. The smallest absolute Gasteiger partial charge is 0.118 e. The van der Waals surface area contributed by atoms with Gasteiger partial charge in [-0.05, 0) is 41.3 Å². The van der Waals surface area contributed by atoms with Crippen LogP contribution in [0.5, 0.6) is 5.75 Å². The van der Waals surface area contributed by atoms with Crippen LogP contribution in [-0.4, -0.2) is 14.6 Å². The fraction of sp³-hybridized carbons (Fsp3) is 0.500. The Labute approximate surface area is 94.3 Å². The molecule has 0 atom stereocenters. The average molecular weight is 221 g/mol. The number of rotatable bonds is 2. The zero-order valence-corrected chi connectivity index (χ0v) is 10.9. The van der Waals surface area contributed by atoms with Crippen LogP contribution in [0.2, 0.25) is 5.04 Å². The van der Waals surface area contributed by atoms with Crippen LogP contribution in [0.3, 0.4) is 0 Å². The van der Waals surface area contributed by atoms with Crippen molar-refractivity contribution in [2.24, 2.45) is 0 Å². The first-order chi connectivity index (χ1) is 6.81. The number of aromatic hydroxyl groups is 1. The number of benzene rings is 1. The fourth-order valence-electron chi connectivity index (χ4n) is 1.34. The third-order valence-electron chi connectivity index (χ3n) is 2.41.